The molecular formula is C24H26F3NO3. The van der Waals surface area contributed by atoms with E-state index >= 15 is 0 Å². The zero-order valence-electron chi connectivity index (χ0n) is 17.6. The smallest absolute Gasteiger partial charge is 0.257 e. The molecule has 2 aliphatic rings. The molecule has 31 heavy (non-hydrogen) atoms. The van der Waals surface area contributed by atoms with Crippen LogP contribution in [0, 0.1) is 29.3 Å². The highest BCUT2D eigenvalue weighted by Crippen LogP contribution is 2.39. The number of benzene rings is 2. The Morgan fingerprint density at radius 3 is 2.52 bits per heavy atom. The molecule has 1 saturated carbocycles. The third-order valence-electron chi connectivity index (χ3n) is 6.62. The first kappa shape index (κ1) is 21.5. The van der Waals surface area contributed by atoms with Gasteiger partial charge in [0.25, 0.3) is 5.91 Å². The Balaban J connectivity index is 1.35. The van der Waals surface area contributed by atoms with Gasteiger partial charge in [-0.15, -0.1) is 0 Å². The number of hydrogen-bond acceptors (Lipinski definition) is 3. The standard InChI is InChI=1S/C24H26F3NO3/c1-24(2,31-18-5-3-4-17(25)11-18)16-8-6-14(7-9-16)12-28-13-15-10-19(26)22(29)21(27)20(15)23(28)30/h3-5,10-11,14,16,29H,6-9,12-13H2,1-2H3. The van der Waals surface area contributed by atoms with Gasteiger partial charge in [0.1, 0.15) is 17.2 Å². The van der Waals surface area contributed by atoms with Crippen LogP contribution in [0.4, 0.5) is 13.2 Å². The summed E-state index contributed by atoms with van der Waals surface area (Å²) in [7, 11) is 0. The minimum Gasteiger partial charge on any atom is -0.503 e. The van der Waals surface area contributed by atoms with Crippen LogP contribution in [0.5, 0.6) is 11.5 Å². The molecule has 0 bridgehead atoms. The molecule has 1 amide bonds. The third-order valence-corrected chi connectivity index (χ3v) is 6.62. The molecule has 0 unspecified atom stereocenters. The molecule has 1 aliphatic heterocycles. The van der Waals surface area contributed by atoms with E-state index in [4.69, 9.17) is 4.74 Å². The summed E-state index contributed by atoms with van der Waals surface area (Å²) in [6, 6.07) is 7.16. The van der Waals surface area contributed by atoms with Crippen molar-refractivity contribution in [3.8, 4) is 11.5 Å². The quantitative estimate of drug-likeness (QED) is 0.684. The predicted molar refractivity (Wildman–Crippen MR) is 109 cm³/mol. The average molecular weight is 433 g/mol. The Morgan fingerprint density at radius 2 is 1.84 bits per heavy atom. The fourth-order valence-corrected chi connectivity index (χ4v) is 4.87. The molecule has 7 heteroatoms. The number of phenolic OH excluding ortho intramolecular Hbond substituents is 1. The summed E-state index contributed by atoms with van der Waals surface area (Å²) in [6.07, 6.45) is 3.54. The first-order chi connectivity index (χ1) is 14.7. The lowest BCUT2D eigenvalue weighted by Gasteiger charge is -2.40. The molecular weight excluding hydrogens is 407 g/mol. The topological polar surface area (TPSA) is 49.8 Å². The Kier molecular flexibility index (Phi) is 5.62. The number of hydrogen-bond donors (Lipinski definition) is 1. The van der Waals surface area contributed by atoms with E-state index in [1.54, 1.807) is 12.1 Å². The van der Waals surface area contributed by atoms with Crippen molar-refractivity contribution < 1.29 is 27.8 Å². The maximum Gasteiger partial charge on any atom is 0.257 e. The number of amides is 1. The average Bonchev–Trinajstić information content (AvgIpc) is 3.01. The van der Waals surface area contributed by atoms with Gasteiger partial charge in [0, 0.05) is 19.2 Å². The fourth-order valence-electron chi connectivity index (χ4n) is 4.87. The molecule has 2 aromatic rings. The van der Waals surface area contributed by atoms with Crippen molar-refractivity contribution in [1.29, 1.82) is 0 Å². The van der Waals surface area contributed by atoms with Crippen molar-refractivity contribution in [3.63, 3.8) is 0 Å². The van der Waals surface area contributed by atoms with Crippen LogP contribution in [0.25, 0.3) is 0 Å². The normalized spacial score (nSPS) is 21.3. The first-order valence-electron chi connectivity index (χ1n) is 10.6. The molecule has 4 rings (SSSR count). The van der Waals surface area contributed by atoms with Crippen molar-refractivity contribution in [2.45, 2.75) is 51.7 Å². The molecule has 0 radical (unpaired) electrons. The summed E-state index contributed by atoms with van der Waals surface area (Å²) < 4.78 is 47.3. The van der Waals surface area contributed by atoms with Gasteiger partial charge in [-0.3, -0.25) is 4.79 Å². The van der Waals surface area contributed by atoms with Crippen molar-refractivity contribution in [2.24, 2.45) is 11.8 Å². The van der Waals surface area contributed by atoms with Gasteiger partial charge in [-0.1, -0.05) is 6.07 Å². The lowest BCUT2D eigenvalue weighted by atomic mass is 9.74. The highest BCUT2D eigenvalue weighted by atomic mass is 19.1. The number of carbonyl (C=O) groups is 1. The Bertz CT molecular complexity index is 1000. The number of nitrogens with zero attached hydrogens (tertiary/aromatic N) is 1. The van der Waals surface area contributed by atoms with Crippen molar-refractivity contribution >= 4 is 5.91 Å². The van der Waals surface area contributed by atoms with Crippen molar-refractivity contribution in [3.05, 3.63) is 58.9 Å². The molecule has 1 aliphatic carbocycles. The lowest BCUT2D eigenvalue weighted by molar-refractivity contribution is 0.0139. The summed E-state index contributed by atoms with van der Waals surface area (Å²) >= 11 is 0. The van der Waals surface area contributed by atoms with Crippen LogP contribution >= 0.6 is 0 Å². The number of aromatic hydroxyl groups is 1. The monoisotopic (exact) mass is 433 g/mol. The van der Waals surface area contributed by atoms with E-state index in [0.29, 0.717) is 12.3 Å². The van der Waals surface area contributed by atoms with Gasteiger partial charge in [0.05, 0.1) is 5.56 Å². The minimum atomic E-state index is -1.18. The summed E-state index contributed by atoms with van der Waals surface area (Å²) in [5, 5.41) is 9.47. The number of halogens is 3. The Morgan fingerprint density at radius 1 is 1.13 bits per heavy atom. The van der Waals surface area contributed by atoms with Gasteiger partial charge < -0.3 is 14.7 Å². The maximum atomic E-state index is 14.2. The van der Waals surface area contributed by atoms with Crippen molar-refractivity contribution in [1.82, 2.24) is 4.90 Å². The molecule has 0 aromatic heterocycles. The van der Waals surface area contributed by atoms with Gasteiger partial charge in [0.15, 0.2) is 17.4 Å². The van der Waals surface area contributed by atoms with Crippen LogP contribution in [0.2, 0.25) is 0 Å². The number of rotatable bonds is 5. The van der Waals surface area contributed by atoms with Gasteiger partial charge in [-0.25, -0.2) is 13.2 Å². The molecule has 0 spiro atoms. The highest BCUT2D eigenvalue weighted by Gasteiger charge is 2.38. The Hall–Kier alpha value is -2.70. The second kappa shape index (κ2) is 8.09. The molecule has 0 saturated heterocycles. The highest BCUT2D eigenvalue weighted by molar-refractivity contribution is 5.99. The van der Waals surface area contributed by atoms with Gasteiger partial charge in [0.2, 0.25) is 0 Å². The molecule has 1 N–H and O–H groups in total. The molecule has 1 heterocycles. The zero-order chi connectivity index (χ0) is 22.3. The van der Waals surface area contributed by atoms with Crippen LogP contribution in [0.3, 0.4) is 0 Å². The fraction of sp³-hybridized carbons (Fsp3) is 0.458. The van der Waals surface area contributed by atoms with E-state index in [1.165, 1.54) is 17.0 Å². The first-order valence-corrected chi connectivity index (χ1v) is 10.6. The zero-order valence-corrected chi connectivity index (χ0v) is 17.6. The lowest BCUT2D eigenvalue weighted by Crippen LogP contribution is -2.41. The van der Waals surface area contributed by atoms with Crippen molar-refractivity contribution in [2.75, 3.05) is 6.54 Å². The van der Waals surface area contributed by atoms with E-state index in [-0.39, 0.29) is 35.3 Å². The molecule has 4 nitrogen and oxygen atoms in total. The van der Waals surface area contributed by atoms with E-state index in [0.717, 1.165) is 31.7 Å². The largest absolute Gasteiger partial charge is 0.503 e. The van der Waals surface area contributed by atoms with E-state index in [9.17, 15) is 23.1 Å². The SMILES string of the molecule is CC(C)(Oc1cccc(F)c1)C1CCC(CN2Cc3cc(F)c(O)c(F)c3C2=O)CC1. The van der Waals surface area contributed by atoms with E-state index in [1.807, 2.05) is 13.8 Å². The second-order valence-electron chi connectivity index (χ2n) is 9.12. The summed E-state index contributed by atoms with van der Waals surface area (Å²) in [5.74, 6) is -3.13. The summed E-state index contributed by atoms with van der Waals surface area (Å²) in [6.45, 7) is 4.63. The van der Waals surface area contributed by atoms with Crippen LogP contribution < -0.4 is 4.74 Å². The Labute approximate surface area is 179 Å². The van der Waals surface area contributed by atoms with Gasteiger partial charge in [-0.05, 0) is 75.1 Å². The summed E-state index contributed by atoms with van der Waals surface area (Å²) in [4.78, 5) is 14.1. The van der Waals surface area contributed by atoms with Crippen LogP contribution in [-0.4, -0.2) is 28.1 Å². The number of phenols is 1. The number of ether oxygens (including phenoxy) is 1. The molecule has 2 aromatic carbocycles. The van der Waals surface area contributed by atoms with Crippen LogP contribution in [0.15, 0.2) is 30.3 Å². The maximum absolute atomic E-state index is 14.2. The molecule has 0 atom stereocenters. The van der Waals surface area contributed by atoms with E-state index in [2.05, 4.69) is 0 Å². The summed E-state index contributed by atoms with van der Waals surface area (Å²) in [5.41, 5.74) is -0.412. The second-order valence-corrected chi connectivity index (χ2v) is 9.12. The molecule has 1 fully saturated rings. The van der Waals surface area contributed by atoms with E-state index < -0.39 is 28.9 Å². The van der Waals surface area contributed by atoms with Gasteiger partial charge >= 0.3 is 0 Å². The van der Waals surface area contributed by atoms with Crippen LogP contribution in [-0.2, 0) is 6.54 Å². The number of fused-ring (bicyclic) bond motifs is 1. The third kappa shape index (κ3) is 4.23. The van der Waals surface area contributed by atoms with Gasteiger partial charge in [-0.2, -0.15) is 0 Å². The predicted octanol–water partition coefficient (Wildman–Crippen LogP) is 5.43. The number of carbonyl (C=O) groups excluding carboxylic acids is 1. The van der Waals surface area contributed by atoms with Crippen LogP contribution in [0.1, 0.15) is 55.5 Å². The minimum absolute atomic E-state index is 0.149. The molecule has 166 valence electrons.